The van der Waals surface area contributed by atoms with Gasteiger partial charge in [-0.05, 0) is 42.4 Å². The molecule has 4 unspecified atom stereocenters. The molecule has 0 aliphatic carbocycles. The SMILES string of the molecule is CCCCCC(C(C)C)C(C)C(CCC)CC(C)CCC. The normalized spacial score (nSPS) is 17.7. The molecular weight excluding hydrogens is 252 g/mol. The lowest BCUT2D eigenvalue weighted by Crippen LogP contribution is -2.26. The maximum Gasteiger partial charge on any atom is -0.0363 e. The zero-order valence-corrected chi connectivity index (χ0v) is 16.3. The summed E-state index contributed by atoms with van der Waals surface area (Å²) < 4.78 is 0. The third-order valence-corrected chi connectivity index (χ3v) is 5.56. The van der Waals surface area contributed by atoms with Crippen molar-refractivity contribution >= 4 is 0 Å². The highest BCUT2D eigenvalue weighted by Crippen LogP contribution is 2.37. The van der Waals surface area contributed by atoms with Crippen molar-refractivity contribution in [1.29, 1.82) is 0 Å². The third-order valence-electron chi connectivity index (χ3n) is 5.56. The summed E-state index contributed by atoms with van der Waals surface area (Å²) in [7, 11) is 0. The molecule has 0 nitrogen and oxygen atoms in total. The van der Waals surface area contributed by atoms with Crippen LogP contribution in [0.4, 0.5) is 0 Å². The second-order valence-corrected chi connectivity index (χ2v) is 7.94. The maximum absolute atomic E-state index is 2.57. The molecule has 128 valence electrons. The minimum absolute atomic E-state index is 0.845. The molecular formula is C21H44. The van der Waals surface area contributed by atoms with Crippen molar-refractivity contribution in [2.75, 3.05) is 0 Å². The average molecular weight is 297 g/mol. The van der Waals surface area contributed by atoms with Crippen LogP contribution in [-0.2, 0) is 0 Å². The fourth-order valence-electron chi connectivity index (χ4n) is 4.28. The smallest absolute Gasteiger partial charge is 0.0363 e. The fourth-order valence-corrected chi connectivity index (χ4v) is 4.28. The number of unbranched alkanes of at least 4 members (excludes halogenated alkanes) is 2. The predicted octanol–water partition coefficient (Wildman–Crippen LogP) is 7.72. The van der Waals surface area contributed by atoms with Crippen LogP contribution in [0.15, 0.2) is 0 Å². The van der Waals surface area contributed by atoms with Gasteiger partial charge in [-0.1, -0.05) is 93.4 Å². The second-order valence-electron chi connectivity index (χ2n) is 7.94. The van der Waals surface area contributed by atoms with Crippen LogP contribution in [0.2, 0.25) is 0 Å². The molecule has 0 aliphatic rings. The van der Waals surface area contributed by atoms with Gasteiger partial charge in [0.2, 0.25) is 0 Å². The first-order valence-corrected chi connectivity index (χ1v) is 9.97. The molecule has 0 rings (SSSR count). The molecule has 0 heterocycles. The van der Waals surface area contributed by atoms with Crippen LogP contribution in [0.3, 0.4) is 0 Å². The van der Waals surface area contributed by atoms with E-state index in [1.54, 1.807) is 0 Å². The van der Waals surface area contributed by atoms with E-state index in [1.165, 1.54) is 57.8 Å². The lowest BCUT2D eigenvalue weighted by atomic mass is 9.70. The molecule has 0 aromatic rings. The minimum atomic E-state index is 0.845. The molecule has 21 heavy (non-hydrogen) atoms. The van der Waals surface area contributed by atoms with Gasteiger partial charge >= 0.3 is 0 Å². The zero-order valence-electron chi connectivity index (χ0n) is 16.3. The van der Waals surface area contributed by atoms with Gasteiger partial charge in [-0.15, -0.1) is 0 Å². The first kappa shape index (κ1) is 21.0. The highest BCUT2D eigenvalue weighted by Gasteiger charge is 2.27. The average Bonchev–Trinajstić information content (AvgIpc) is 2.42. The largest absolute Gasteiger partial charge is 0.0654 e. The van der Waals surface area contributed by atoms with Crippen molar-refractivity contribution < 1.29 is 0 Å². The number of hydrogen-bond acceptors (Lipinski definition) is 0. The molecule has 4 atom stereocenters. The highest BCUT2D eigenvalue weighted by atomic mass is 14.3. The van der Waals surface area contributed by atoms with Crippen molar-refractivity contribution in [3.8, 4) is 0 Å². The van der Waals surface area contributed by atoms with Crippen LogP contribution in [-0.4, -0.2) is 0 Å². The van der Waals surface area contributed by atoms with Crippen molar-refractivity contribution in [2.45, 2.75) is 106 Å². The molecule has 0 aromatic carbocycles. The van der Waals surface area contributed by atoms with Gasteiger partial charge in [-0.25, -0.2) is 0 Å². The molecule has 0 aromatic heterocycles. The Kier molecular flexibility index (Phi) is 12.5. The summed E-state index contributed by atoms with van der Waals surface area (Å²) in [5.41, 5.74) is 0. The van der Waals surface area contributed by atoms with Crippen molar-refractivity contribution in [3.05, 3.63) is 0 Å². The standard InChI is InChI=1S/C21H44/c1-8-11-12-15-21(17(4)5)19(7)20(14-10-3)16-18(6)13-9-2/h17-21H,8-16H2,1-7H3. The van der Waals surface area contributed by atoms with E-state index in [0.29, 0.717) is 0 Å². The Morgan fingerprint density at radius 1 is 0.667 bits per heavy atom. The van der Waals surface area contributed by atoms with Crippen molar-refractivity contribution in [3.63, 3.8) is 0 Å². The number of hydrogen-bond donors (Lipinski definition) is 0. The van der Waals surface area contributed by atoms with Crippen LogP contribution in [0.25, 0.3) is 0 Å². The summed E-state index contributed by atoms with van der Waals surface area (Å²) in [6.45, 7) is 17.0. The number of rotatable bonds is 13. The maximum atomic E-state index is 2.57. The van der Waals surface area contributed by atoms with Crippen LogP contribution < -0.4 is 0 Å². The molecule has 0 bridgehead atoms. The lowest BCUT2D eigenvalue weighted by molar-refractivity contribution is 0.148. The van der Waals surface area contributed by atoms with Gasteiger partial charge in [-0.3, -0.25) is 0 Å². The van der Waals surface area contributed by atoms with Gasteiger partial charge in [0.25, 0.3) is 0 Å². The summed E-state index contributed by atoms with van der Waals surface area (Å²) >= 11 is 0. The first-order valence-electron chi connectivity index (χ1n) is 9.97. The molecule has 0 fully saturated rings. The van der Waals surface area contributed by atoms with Crippen LogP contribution >= 0.6 is 0 Å². The Morgan fingerprint density at radius 3 is 1.76 bits per heavy atom. The lowest BCUT2D eigenvalue weighted by Gasteiger charge is -2.35. The van der Waals surface area contributed by atoms with Crippen LogP contribution in [0.5, 0.6) is 0 Å². The monoisotopic (exact) mass is 296 g/mol. The van der Waals surface area contributed by atoms with E-state index in [2.05, 4.69) is 48.5 Å². The van der Waals surface area contributed by atoms with Crippen molar-refractivity contribution in [1.82, 2.24) is 0 Å². The summed E-state index contributed by atoms with van der Waals surface area (Å²) in [4.78, 5) is 0. The van der Waals surface area contributed by atoms with E-state index >= 15 is 0 Å². The van der Waals surface area contributed by atoms with Gasteiger partial charge < -0.3 is 0 Å². The summed E-state index contributed by atoms with van der Waals surface area (Å²) in [6.07, 6.45) is 12.7. The van der Waals surface area contributed by atoms with E-state index in [4.69, 9.17) is 0 Å². The van der Waals surface area contributed by atoms with Gasteiger partial charge in [0.1, 0.15) is 0 Å². The summed E-state index contributed by atoms with van der Waals surface area (Å²) in [5, 5.41) is 0. The molecule has 0 heteroatoms. The van der Waals surface area contributed by atoms with Crippen LogP contribution in [0.1, 0.15) is 106 Å². The fraction of sp³-hybridized carbons (Fsp3) is 1.00. The zero-order chi connectivity index (χ0) is 16.3. The first-order chi connectivity index (χ1) is 9.97. The Hall–Kier alpha value is 0. The van der Waals surface area contributed by atoms with Gasteiger partial charge in [0, 0.05) is 0 Å². The Balaban J connectivity index is 4.65. The predicted molar refractivity (Wildman–Crippen MR) is 98.7 cm³/mol. The Morgan fingerprint density at radius 2 is 1.29 bits per heavy atom. The van der Waals surface area contributed by atoms with Gasteiger partial charge in [-0.2, -0.15) is 0 Å². The van der Waals surface area contributed by atoms with Gasteiger partial charge in [0.15, 0.2) is 0 Å². The summed E-state index contributed by atoms with van der Waals surface area (Å²) in [6, 6.07) is 0. The third kappa shape index (κ3) is 8.89. The van der Waals surface area contributed by atoms with Gasteiger partial charge in [0.05, 0.1) is 0 Å². The molecule has 0 radical (unpaired) electrons. The Bertz CT molecular complexity index is 218. The molecule has 0 saturated carbocycles. The van der Waals surface area contributed by atoms with E-state index in [9.17, 15) is 0 Å². The van der Waals surface area contributed by atoms with Crippen LogP contribution in [0, 0.1) is 29.6 Å². The van der Waals surface area contributed by atoms with E-state index < -0.39 is 0 Å². The molecule has 0 amide bonds. The Labute approximate surface area is 136 Å². The topological polar surface area (TPSA) is 0 Å². The highest BCUT2D eigenvalue weighted by molar-refractivity contribution is 4.78. The molecule has 0 N–H and O–H groups in total. The van der Waals surface area contributed by atoms with E-state index in [1.807, 2.05) is 0 Å². The quantitative estimate of drug-likeness (QED) is 0.305. The second kappa shape index (κ2) is 12.5. The molecule has 0 spiro atoms. The van der Waals surface area contributed by atoms with Crippen molar-refractivity contribution in [2.24, 2.45) is 29.6 Å². The summed E-state index contributed by atoms with van der Waals surface area (Å²) in [5.74, 6) is 4.55. The molecule has 0 saturated heterocycles. The minimum Gasteiger partial charge on any atom is -0.0654 e. The molecule has 0 aliphatic heterocycles. The van der Waals surface area contributed by atoms with E-state index in [0.717, 1.165) is 29.6 Å². The van der Waals surface area contributed by atoms with E-state index in [-0.39, 0.29) is 0 Å².